The Morgan fingerprint density at radius 2 is 1.81 bits per heavy atom. The first kappa shape index (κ1) is 18.7. The molecule has 7 nitrogen and oxygen atoms in total. The summed E-state index contributed by atoms with van der Waals surface area (Å²) >= 11 is 2.68. The van der Waals surface area contributed by atoms with Gasteiger partial charge in [0.25, 0.3) is 5.91 Å². The highest BCUT2D eigenvalue weighted by Crippen LogP contribution is 2.19. The van der Waals surface area contributed by atoms with Gasteiger partial charge < -0.3 is 11.1 Å². The number of anilines is 2. The average Bonchev–Trinajstić information content (AvgIpc) is 3.32. The Balaban J connectivity index is 1.48. The number of benzene rings is 1. The van der Waals surface area contributed by atoms with Gasteiger partial charge in [0.1, 0.15) is 0 Å². The van der Waals surface area contributed by atoms with Crippen LogP contribution in [0, 0.1) is 0 Å². The summed E-state index contributed by atoms with van der Waals surface area (Å²) < 4.78 is 0. The summed E-state index contributed by atoms with van der Waals surface area (Å²) in [6.45, 7) is 0. The lowest BCUT2D eigenvalue weighted by Gasteiger charge is -2.05. The number of hydrogen-bond donors (Lipinski definition) is 3. The summed E-state index contributed by atoms with van der Waals surface area (Å²) in [6.07, 6.45) is 0.705. The van der Waals surface area contributed by atoms with Crippen molar-refractivity contribution < 1.29 is 14.4 Å². The van der Waals surface area contributed by atoms with Crippen molar-refractivity contribution in [1.29, 1.82) is 0 Å². The lowest BCUT2D eigenvalue weighted by molar-refractivity contribution is -0.116. The number of thiophene rings is 1. The molecule has 0 spiro atoms. The zero-order chi connectivity index (χ0) is 19.2. The van der Waals surface area contributed by atoms with E-state index in [-0.39, 0.29) is 18.2 Å². The molecule has 27 heavy (non-hydrogen) atoms. The van der Waals surface area contributed by atoms with Crippen molar-refractivity contribution in [3.63, 3.8) is 0 Å². The number of nitrogens with one attached hydrogen (secondary N) is 2. The van der Waals surface area contributed by atoms with Gasteiger partial charge >= 0.3 is 0 Å². The van der Waals surface area contributed by atoms with E-state index in [0.29, 0.717) is 27.7 Å². The molecule has 0 atom stereocenters. The Labute approximate surface area is 163 Å². The maximum atomic E-state index is 12.0. The second-order valence-corrected chi connectivity index (χ2v) is 7.37. The lowest BCUT2D eigenvalue weighted by atomic mass is 10.2. The van der Waals surface area contributed by atoms with Crippen LogP contribution < -0.4 is 16.4 Å². The predicted molar refractivity (Wildman–Crippen MR) is 106 cm³/mol. The van der Waals surface area contributed by atoms with E-state index < -0.39 is 5.91 Å². The second-order valence-electron chi connectivity index (χ2n) is 5.57. The molecule has 0 radical (unpaired) electrons. The van der Waals surface area contributed by atoms with Crippen LogP contribution in [0.2, 0.25) is 0 Å². The van der Waals surface area contributed by atoms with Crippen LogP contribution in [0.15, 0.2) is 47.2 Å². The van der Waals surface area contributed by atoms with Crippen LogP contribution in [-0.4, -0.2) is 22.7 Å². The van der Waals surface area contributed by atoms with Crippen LogP contribution in [-0.2, 0) is 11.2 Å². The molecule has 0 aliphatic rings. The van der Waals surface area contributed by atoms with Crippen molar-refractivity contribution in [1.82, 2.24) is 4.98 Å². The van der Waals surface area contributed by atoms with Crippen LogP contribution >= 0.6 is 22.7 Å². The molecule has 0 unspecified atom stereocenters. The summed E-state index contributed by atoms with van der Waals surface area (Å²) in [6, 6.07) is 9.92. The van der Waals surface area contributed by atoms with Crippen LogP contribution in [0.3, 0.4) is 0 Å². The van der Waals surface area contributed by atoms with E-state index in [1.54, 1.807) is 30.3 Å². The summed E-state index contributed by atoms with van der Waals surface area (Å²) in [5.41, 5.74) is 6.89. The highest BCUT2D eigenvalue weighted by atomic mass is 32.1. The van der Waals surface area contributed by atoms with Crippen molar-refractivity contribution >= 4 is 51.2 Å². The molecule has 0 saturated heterocycles. The number of nitrogens with two attached hydrogens (primary N) is 1. The molecule has 3 aromatic rings. The minimum atomic E-state index is -0.515. The molecule has 0 fully saturated rings. The van der Waals surface area contributed by atoms with Crippen molar-refractivity contribution in [2.45, 2.75) is 12.8 Å². The van der Waals surface area contributed by atoms with Crippen LogP contribution in [0.4, 0.5) is 10.8 Å². The first-order valence-electron chi connectivity index (χ1n) is 8.00. The Morgan fingerprint density at radius 3 is 2.48 bits per heavy atom. The van der Waals surface area contributed by atoms with Crippen LogP contribution in [0.25, 0.3) is 0 Å². The quantitative estimate of drug-likeness (QED) is 0.565. The average molecular weight is 400 g/mol. The molecule has 3 rings (SSSR count). The fraction of sp³-hybridized carbons (Fsp3) is 0.111. The molecule has 0 aliphatic carbocycles. The monoisotopic (exact) mass is 400 g/mol. The fourth-order valence-corrected chi connectivity index (χ4v) is 3.59. The normalized spacial score (nSPS) is 10.4. The molecule has 138 valence electrons. The molecule has 4 N–H and O–H groups in total. The minimum absolute atomic E-state index is 0.168. The van der Waals surface area contributed by atoms with E-state index in [2.05, 4.69) is 15.6 Å². The predicted octanol–water partition coefficient (Wildman–Crippen LogP) is 3.13. The standard InChI is InChI=1S/C18H16N4O3S2/c19-16(24)11-3-5-12(6-4-11)20-15(23)8-7-13-10-27-18(21-13)22-17(25)14-2-1-9-26-14/h1-6,9-10H,7-8H2,(H2,19,24)(H,20,23)(H,21,22,25). The number of nitrogens with zero attached hydrogens (tertiary/aromatic N) is 1. The van der Waals surface area contributed by atoms with E-state index in [1.165, 1.54) is 22.7 Å². The Bertz CT molecular complexity index is 949. The first-order chi connectivity index (χ1) is 13.0. The summed E-state index contributed by atoms with van der Waals surface area (Å²) in [7, 11) is 0. The van der Waals surface area contributed by atoms with Gasteiger partial charge in [-0.3, -0.25) is 19.7 Å². The number of primary amides is 1. The maximum absolute atomic E-state index is 12.0. The SMILES string of the molecule is NC(=O)c1ccc(NC(=O)CCc2csc(NC(=O)c3cccs3)n2)cc1. The summed E-state index contributed by atoms with van der Waals surface area (Å²) in [5.74, 6) is -0.875. The van der Waals surface area contributed by atoms with Crippen molar-refractivity contribution in [2.75, 3.05) is 10.6 Å². The van der Waals surface area contributed by atoms with Gasteiger partial charge in [0, 0.05) is 23.1 Å². The van der Waals surface area contributed by atoms with Gasteiger partial charge in [-0.1, -0.05) is 6.07 Å². The molecule has 1 aromatic carbocycles. The van der Waals surface area contributed by atoms with Crippen molar-refractivity contribution in [3.05, 3.63) is 63.3 Å². The zero-order valence-electron chi connectivity index (χ0n) is 14.1. The summed E-state index contributed by atoms with van der Waals surface area (Å²) in [5, 5.41) is 9.66. The topological polar surface area (TPSA) is 114 Å². The molecule has 0 aliphatic heterocycles. The molecule has 9 heteroatoms. The van der Waals surface area contributed by atoms with Gasteiger partial charge in [-0.2, -0.15) is 0 Å². The second kappa shape index (κ2) is 8.56. The lowest BCUT2D eigenvalue weighted by Crippen LogP contribution is -2.14. The van der Waals surface area contributed by atoms with E-state index in [1.807, 2.05) is 16.8 Å². The van der Waals surface area contributed by atoms with Gasteiger partial charge in [-0.25, -0.2) is 4.98 Å². The molecular formula is C18H16N4O3S2. The number of aryl methyl sites for hydroxylation is 1. The highest BCUT2D eigenvalue weighted by Gasteiger charge is 2.11. The van der Waals surface area contributed by atoms with Crippen LogP contribution in [0.5, 0.6) is 0 Å². The van der Waals surface area contributed by atoms with Gasteiger partial charge in [-0.15, -0.1) is 22.7 Å². The number of aromatic nitrogens is 1. The van der Waals surface area contributed by atoms with Crippen LogP contribution in [0.1, 0.15) is 32.1 Å². The number of thiazole rings is 1. The Morgan fingerprint density at radius 1 is 1.04 bits per heavy atom. The smallest absolute Gasteiger partial charge is 0.267 e. The summed E-state index contributed by atoms with van der Waals surface area (Å²) in [4.78, 5) is 40.0. The van der Waals surface area contributed by atoms with Crippen molar-refractivity contribution in [2.24, 2.45) is 5.73 Å². The molecule has 0 saturated carbocycles. The number of carbonyl (C=O) groups is 3. The minimum Gasteiger partial charge on any atom is -0.366 e. The number of hydrogen-bond acceptors (Lipinski definition) is 6. The zero-order valence-corrected chi connectivity index (χ0v) is 15.7. The number of rotatable bonds is 7. The molecule has 2 aromatic heterocycles. The third-order valence-corrected chi connectivity index (χ3v) is 5.25. The molecule has 0 bridgehead atoms. The van der Waals surface area contributed by atoms with E-state index in [4.69, 9.17) is 5.73 Å². The van der Waals surface area contributed by atoms with Crippen molar-refractivity contribution in [3.8, 4) is 0 Å². The Kier molecular flexibility index (Phi) is 5.94. The van der Waals surface area contributed by atoms with Gasteiger partial charge in [0.2, 0.25) is 11.8 Å². The van der Waals surface area contributed by atoms with Gasteiger partial charge in [0.05, 0.1) is 10.6 Å². The Hall–Kier alpha value is -3.04. The third kappa shape index (κ3) is 5.22. The maximum Gasteiger partial charge on any atom is 0.267 e. The van der Waals surface area contributed by atoms with E-state index >= 15 is 0 Å². The fourth-order valence-electron chi connectivity index (χ4n) is 2.23. The van der Waals surface area contributed by atoms with Gasteiger partial charge in [0.15, 0.2) is 5.13 Å². The molecular weight excluding hydrogens is 384 g/mol. The third-order valence-electron chi connectivity index (χ3n) is 3.58. The number of amides is 3. The largest absolute Gasteiger partial charge is 0.366 e. The van der Waals surface area contributed by atoms with Gasteiger partial charge in [-0.05, 0) is 42.1 Å². The van der Waals surface area contributed by atoms with E-state index in [9.17, 15) is 14.4 Å². The number of carbonyl (C=O) groups excluding carboxylic acids is 3. The van der Waals surface area contributed by atoms with E-state index in [0.717, 1.165) is 5.69 Å². The molecule has 3 amide bonds. The molecule has 2 heterocycles. The first-order valence-corrected chi connectivity index (χ1v) is 9.76. The highest BCUT2D eigenvalue weighted by molar-refractivity contribution is 7.14.